The molecule has 2 aromatic heterocycles. The highest BCUT2D eigenvalue weighted by Crippen LogP contribution is 2.24. The summed E-state index contributed by atoms with van der Waals surface area (Å²) in [6.45, 7) is 3.64. The van der Waals surface area contributed by atoms with E-state index in [1.807, 2.05) is 13.0 Å². The second kappa shape index (κ2) is 4.85. The number of rotatable bonds is 2. The Morgan fingerprint density at radius 1 is 1.05 bits per heavy atom. The van der Waals surface area contributed by atoms with Crippen LogP contribution in [0.15, 0.2) is 36.8 Å². The van der Waals surface area contributed by atoms with E-state index >= 15 is 0 Å². The Hall–Kier alpha value is -2.56. The van der Waals surface area contributed by atoms with Crippen molar-refractivity contribution < 1.29 is 4.39 Å². The fraction of sp³-hybridized carbons (Fsp3) is 0.133. The van der Waals surface area contributed by atoms with Crippen LogP contribution >= 0.6 is 0 Å². The minimum absolute atomic E-state index is 0.219. The van der Waals surface area contributed by atoms with Gasteiger partial charge in [0, 0.05) is 16.8 Å². The van der Waals surface area contributed by atoms with E-state index in [1.54, 1.807) is 25.3 Å². The zero-order valence-electron chi connectivity index (χ0n) is 11.2. The molecule has 0 saturated carbocycles. The molecule has 0 aliphatic rings. The molecule has 5 heteroatoms. The van der Waals surface area contributed by atoms with Crippen molar-refractivity contribution in [3.05, 3.63) is 53.9 Å². The van der Waals surface area contributed by atoms with Crippen LogP contribution in [-0.2, 0) is 0 Å². The predicted octanol–water partition coefficient (Wildman–Crippen LogP) is 3.52. The molecule has 0 aliphatic heterocycles. The number of hydrogen-bond acceptors (Lipinski definition) is 4. The van der Waals surface area contributed by atoms with Crippen LogP contribution in [0, 0.1) is 19.7 Å². The molecule has 0 bridgehead atoms. The average Bonchev–Trinajstić information content (AvgIpc) is 2.44. The van der Waals surface area contributed by atoms with E-state index in [9.17, 15) is 4.39 Å². The Kier molecular flexibility index (Phi) is 3.02. The number of aromatic nitrogens is 3. The molecule has 1 aromatic carbocycles. The van der Waals surface area contributed by atoms with Gasteiger partial charge in [-0.25, -0.2) is 14.4 Å². The third kappa shape index (κ3) is 2.30. The maximum absolute atomic E-state index is 13.3. The van der Waals surface area contributed by atoms with Crippen molar-refractivity contribution in [2.24, 2.45) is 0 Å². The van der Waals surface area contributed by atoms with Gasteiger partial charge < -0.3 is 5.32 Å². The van der Waals surface area contributed by atoms with Gasteiger partial charge in [-0.2, -0.15) is 0 Å². The number of benzene rings is 1. The molecule has 0 fully saturated rings. The molecule has 100 valence electrons. The second-order valence-electron chi connectivity index (χ2n) is 4.65. The van der Waals surface area contributed by atoms with Gasteiger partial charge in [-0.1, -0.05) is 0 Å². The van der Waals surface area contributed by atoms with Crippen LogP contribution < -0.4 is 5.32 Å². The van der Waals surface area contributed by atoms with E-state index in [0.717, 1.165) is 22.3 Å². The van der Waals surface area contributed by atoms with E-state index in [-0.39, 0.29) is 5.82 Å². The molecule has 20 heavy (non-hydrogen) atoms. The van der Waals surface area contributed by atoms with E-state index in [0.29, 0.717) is 11.4 Å². The first kappa shape index (κ1) is 12.5. The third-order valence-corrected chi connectivity index (χ3v) is 3.08. The normalized spacial score (nSPS) is 10.8. The number of nitrogens with one attached hydrogen (secondary N) is 1. The minimum atomic E-state index is -0.219. The highest BCUT2D eigenvalue weighted by atomic mass is 19.1. The highest BCUT2D eigenvalue weighted by Gasteiger charge is 2.06. The monoisotopic (exact) mass is 268 g/mol. The Morgan fingerprint density at radius 3 is 2.70 bits per heavy atom. The third-order valence-electron chi connectivity index (χ3n) is 3.08. The van der Waals surface area contributed by atoms with E-state index < -0.39 is 0 Å². The standard InChI is InChI=1S/C15H13FN4/c1-9-5-11(3-4-13(9)16)20-15-12-6-10(2)17-7-14(12)18-8-19-15/h3-8H,1-2H3,(H,18,19,20). The largest absolute Gasteiger partial charge is 0.340 e. The second-order valence-corrected chi connectivity index (χ2v) is 4.65. The lowest BCUT2D eigenvalue weighted by Gasteiger charge is -2.09. The minimum Gasteiger partial charge on any atom is -0.340 e. The van der Waals surface area contributed by atoms with Crippen LogP contribution in [0.25, 0.3) is 10.9 Å². The van der Waals surface area contributed by atoms with Gasteiger partial charge in [-0.3, -0.25) is 4.98 Å². The van der Waals surface area contributed by atoms with Crippen molar-refractivity contribution in [3.63, 3.8) is 0 Å². The van der Waals surface area contributed by atoms with Gasteiger partial charge in [0.25, 0.3) is 0 Å². The maximum Gasteiger partial charge on any atom is 0.141 e. The fourth-order valence-electron chi connectivity index (χ4n) is 2.02. The van der Waals surface area contributed by atoms with Crippen LogP contribution in [0.2, 0.25) is 0 Å². The molecule has 0 spiro atoms. The Bertz CT molecular complexity index is 786. The number of aryl methyl sites for hydroxylation is 2. The summed E-state index contributed by atoms with van der Waals surface area (Å²) in [4.78, 5) is 12.6. The molecule has 0 aliphatic carbocycles. The summed E-state index contributed by atoms with van der Waals surface area (Å²) in [6, 6.07) is 6.80. The van der Waals surface area contributed by atoms with Crippen molar-refractivity contribution in [1.29, 1.82) is 0 Å². The van der Waals surface area contributed by atoms with Crippen LogP contribution in [0.4, 0.5) is 15.9 Å². The number of anilines is 2. The number of pyridine rings is 1. The van der Waals surface area contributed by atoms with Crippen molar-refractivity contribution in [2.75, 3.05) is 5.32 Å². The number of fused-ring (bicyclic) bond motifs is 1. The zero-order valence-corrected chi connectivity index (χ0v) is 11.2. The lowest BCUT2D eigenvalue weighted by molar-refractivity contribution is 0.619. The van der Waals surface area contributed by atoms with Gasteiger partial charge >= 0.3 is 0 Å². The van der Waals surface area contributed by atoms with Gasteiger partial charge in [-0.15, -0.1) is 0 Å². The SMILES string of the molecule is Cc1cc2c(Nc3ccc(F)c(C)c3)ncnc2cn1. The first-order chi connectivity index (χ1) is 9.63. The number of halogens is 1. The molecule has 2 heterocycles. The van der Waals surface area contributed by atoms with Crippen LogP contribution in [-0.4, -0.2) is 15.0 Å². The summed E-state index contributed by atoms with van der Waals surface area (Å²) in [5, 5.41) is 4.09. The Labute approximate surface area is 115 Å². The molecule has 0 unspecified atom stereocenters. The highest BCUT2D eigenvalue weighted by molar-refractivity contribution is 5.90. The molecular weight excluding hydrogens is 255 g/mol. The van der Waals surface area contributed by atoms with Gasteiger partial charge in [0.05, 0.1) is 11.7 Å². The van der Waals surface area contributed by atoms with E-state index in [4.69, 9.17) is 0 Å². The van der Waals surface area contributed by atoms with Gasteiger partial charge in [0.15, 0.2) is 0 Å². The summed E-state index contributed by atoms with van der Waals surface area (Å²) in [7, 11) is 0. The van der Waals surface area contributed by atoms with E-state index in [2.05, 4.69) is 20.3 Å². The van der Waals surface area contributed by atoms with E-state index in [1.165, 1.54) is 12.4 Å². The van der Waals surface area contributed by atoms with Crippen LogP contribution in [0.1, 0.15) is 11.3 Å². The lowest BCUT2D eigenvalue weighted by Crippen LogP contribution is -1.97. The van der Waals surface area contributed by atoms with Crippen LogP contribution in [0.5, 0.6) is 0 Å². The van der Waals surface area contributed by atoms with Gasteiger partial charge in [0.1, 0.15) is 18.0 Å². The molecule has 0 atom stereocenters. The zero-order chi connectivity index (χ0) is 14.1. The molecule has 0 radical (unpaired) electrons. The molecule has 1 N–H and O–H groups in total. The summed E-state index contributed by atoms with van der Waals surface area (Å²) < 4.78 is 13.3. The number of nitrogens with zero attached hydrogens (tertiary/aromatic N) is 3. The lowest BCUT2D eigenvalue weighted by atomic mass is 10.2. The molecular formula is C15H13FN4. The van der Waals surface area contributed by atoms with Gasteiger partial charge in [-0.05, 0) is 43.7 Å². The molecule has 0 amide bonds. The molecule has 4 nitrogen and oxygen atoms in total. The molecule has 3 aromatic rings. The quantitative estimate of drug-likeness (QED) is 0.772. The van der Waals surface area contributed by atoms with Crippen molar-refractivity contribution in [3.8, 4) is 0 Å². The van der Waals surface area contributed by atoms with Crippen molar-refractivity contribution in [2.45, 2.75) is 13.8 Å². The fourth-order valence-corrected chi connectivity index (χ4v) is 2.02. The first-order valence-corrected chi connectivity index (χ1v) is 6.24. The topological polar surface area (TPSA) is 50.7 Å². The van der Waals surface area contributed by atoms with Gasteiger partial charge in [0.2, 0.25) is 0 Å². The Morgan fingerprint density at radius 2 is 1.90 bits per heavy atom. The summed E-state index contributed by atoms with van der Waals surface area (Å²) in [6.07, 6.45) is 3.20. The summed E-state index contributed by atoms with van der Waals surface area (Å²) in [5.74, 6) is 0.467. The predicted molar refractivity (Wildman–Crippen MR) is 76.5 cm³/mol. The maximum atomic E-state index is 13.3. The molecule has 0 saturated heterocycles. The smallest absolute Gasteiger partial charge is 0.141 e. The number of hydrogen-bond donors (Lipinski definition) is 1. The first-order valence-electron chi connectivity index (χ1n) is 6.24. The summed E-state index contributed by atoms with van der Waals surface area (Å²) >= 11 is 0. The summed E-state index contributed by atoms with van der Waals surface area (Å²) in [5.41, 5.74) is 3.04. The average molecular weight is 268 g/mol. The Balaban J connectivity index is 2.05. The van der Waals surface area contributed by atoms with Crippen LogP contribution in [0.3, 0.4) is 0 Å². The van der Waals surface area contributed by atoms with Crippen molar-refractivity contribution >= 4 is 22.4 Å². The molecule has 3 rings (SSSR count). The van der Waals surface area contributed by atoms with Crippen molar-refractivity contribution in [1.82, 2.24) is 15.0 Å².